The van der Waals surface area contributed by atoms with Gasteiger partial charge in [0.1, 0.15) is 0 Å². The van der Waals surface area contributed by atoms with E-state index in [1.807, 2.05) is 0 Å². The summed E-state index contributed by atoms with van der Waals surface area (Å²) in [4.78, 5) is 0. The Bertz CT molecular complexity index is 8.00. The molecule has 0 bridgehead atoms. The van der Waals surface area contributed by atoms with Crippen LogP contribution in [0.3, 0.4) is 0 Å². The first-order valence-corrected chi connectivity index (χ1v) is 2.07. The summed E-state index contributed by atoms with van der Waals surface area (Å²) in [5, 5.41) is 0. The van der Waals surface area contributed by atoms with Gasteiger partial charge in [-0.2, -0.15) is 0 Å². The van der Waals surface area contributed by atoms with Gasteiger partial charge in [0.25, 0.3) is 0 Å². The van der Waals surface area contributed by atoms with E-state index < -0.39 is 0 Å². The fourth-order valence-electron chi connectivity index (χ4n) is 0. The standard InChI is InChI=1S/Bi.O.Sr.Tl.5H. The maximum absolute atomic E-state index is 8.42. The molecule has 0 aromatic carbocycles. The van der Waals surface area contributed by atoms with Crippen molar-refractivity contribution in [2.24, 2.45) is 0 Å². The Balaban J connectivity index is -0.00000000500. The van der Waals surface area contributed by atoms with E-state index >= 15 is 0 Å². The monoisotopic (exact) mass is 523 g/mol. The van der Waals surface area contributed by atoms with Crippen molar-refractivity contribution < 1.29 is 2.69 Å². The summed E-state index contributed by atoms with van der Waals surface area (Å²) in [6.45, 7) is 0. The summed E-state index contributed by atoms with van der Waals surface area (Å²) < 4.78 is 8.42. The van der Waals surface area contributed by atoms with Crippen molar-refractivity contribution in [3.8, 4) is 0 Å². The van der Waals surface area contributed by atoms with Crippen molar-refractivity contribution in [1.82, 2.24) is 0 Å². The average Bonchev–Trinajstić information content (AvgIpc) is 1.00. The molecule has 0 heterocycles. The summed E-state index contributed by atoms with van der Waals surface area (Å²) in [7, 11) is 0. The first kappa shape index (κ1) is 15.7. The molecule has 0 aliphatic carbocycles. The van der Waals surface area contributed by atoms with E-state index in [9.17, 15) is 0 Å². The van der Waals surface area contributed by atoms with Gasteiger partial charge in [-0.3, -0.25) is 0 Å². The maximum atomic E-state index is 8.42. The third-order valence-electron chi connectivity index (χ3n) is 0. The zero-order valence-electron chi connectivity index (χ0n) is 1.69. The number of hydrogen-bond donors (Lipinski definition) is 0. The topological polar surface area (TPSA) is 17.1 Å². The Kier molecular flexibility index (Phi) is 65.0. The van der Waals surface area contributed by atoms with Crippen LogP contribution < -0.4 is 0 Å². The van der Waals surface area contributed by atoms with E-state index in [2.05, 4.69) is 0 Å². The Morgan fingerprint density at radius 2 is 1.25 bits per heavy atom. The second-order valence-corrected chi connectivity index (χ2v) is 0. The van der Waals surface area contributed by atoms with Gasteiger partial charge in [-0.25, -0.2) is 0 Å². The predicted octanol–water partition coefficient (Wildman–Crippen LogP) is -2.60. The molecule has 0 amide bonds. The van der Waals surface area contributed by atoms with E-state index in [1.54, 1.807) is 0 Å². The van der Waals surface area contributed by atoms with Crippen LogP contribution in [0.25, 0.3) is 0 Å². The fourth-order valence-corrected chi connectivity index (χ4v) is 0. The summed E-state index contributed by atoms with van der Waals surface area (Å²) in [6, 6.07) is 0. The molecule has 1 nitrogen and oxygen atoms in total. The molecule has 0 unspecified atom stereocenters. The first-order valence-electron chi connectivity index (χ1n) is 0.236. The van der Waals surface area contributed by atoms with E-state index in [1.165, 1.54) is 0 Å². The zero-order chi connectivity index (χ0) is 2.00. The van der Waals surface area contributed by atoms with Crippen LogP contribution in [-0.4, -0.2) is 97.5 Å². The minimum atomic E-state index is -0.0833. The van der Waals surface area contributed by atoms with Gasteiger partial charge in [-0.1, -0.05) is 0 Å². The van der Waals surface area contributed by atoms with Gasteiger partial charge in [-0.15, -0.1) is 0 Å². The molecule has 0 aliphatic rings. The van der Waals surface area contributed by atoms with Crippen LogP contribution in [0, 0.1) is 0 Å². The van der Waals surface area contributed by atoms with Gasteiger partial charge in [0.2, 0.25) is 0 Å². The third-order valence-corrected chi connectivity index (χ3v) is 0. The van der Waals surface area contributed by atoms with Crippen molar-refractivity contribution in [1.29, 1.82) is 0 Å². The Morgan fingerprint density at radius 1 is 1.25 bits per heavy atom. The zero-order valence-corrected chi connectivity index (χ0v) is 11.7. The minimum absolute atomic E-state index is 0. The van der Waals surface area contributed by atoms with Gasteiger partial charge in [-0.05, 0) is 0 Å². The summed E-state index contributed by atoms with van der Waals surface area (Å²) in [6.07, 6.45) is 0. The van der Waals surface area contributed by atoms with Crippen LogP contribution in [-0.2, 0) is 2.69 Å². The van der Waals surface area contributed by atoms with Crippen molar-refractivity contribution >= 4 is 97.5 Å². The molecular formula is H5BiOSrTl. The number of rotatable bonds is 0. The van der Waals surface area contributed by atoms with Crippen LogP contribution in [0.1, 0.15) is 0 Å². The predicted molar refractivity (Wildman–Crippen MR) is 24.9 cm³/mol. The summed E-state index contributed by atoms with van der Waals surface area (Å²) in [5.74, 6) is 0. The Hall–Kier alpha value is 3.09. The molecule has 0 saturated carbocycles. The van der Waals surface area contributed by atoms with Crippen molar-refractivity contribution in [3.63, 3.8) is 0 Å². The van der Waals surface area contributed by atoms with Gasteiger partial charge in [0, 0.05) is 0 Å². The van der Waals surface area contributed by atoms with Gasteiger partial charge >= 0.3 is 100 Å². The molecule has 0 radical (unpaired) electrons. The second kappa shape index (κ2) is 16.5. The second-order valence-electron chi connectivity index (χ2n) is 0. The van der Waals surface area contributed by atoms with Crippen molar-refractivity contribution in [2.75, 3.05) is 0 Å². The van der Waals surface area contributed by atoms with Crippen molar-refractivity contribution in [3.05, 3.63) is 0 Å². The SMILES string of the molecule is [BiH3].[O]=[Tl].[SrH2]. The van der Waals surface area contributed by atoms with Crippen molar-refractivity contribution in [2.45, 2.75) is 0 Å². The normalized spacial score (nSPS) is 1.50. The Morgan fingerprint density at radius 3 is 1.25 bits per heavy atom. The molecule has 0 aliphatic heterocycles. The average molecular weight is 522 g/mol. The Labute approximate surface area is 97.5 Å². The van der Waals surface area contributed by atoms with E-state index in [-0.39, 0.29) is 97.5 Å². The van der Waals surface area contributed by atoms with Crippen LogP contribution in [0.5, 0.6) is 0 Å². The number of hydrogen-bond acceptors (Lipinski definition) is 1. The molecule has 4 heteroatoms. The first-order chi connectivity index (χ1) is 1.00. The van der Waals surface area contributed by atoms with E-state index in [4.69, 9.17) is 2.69 Å². The molecule has 0 N–H and O–H groups in total. The van der Waals surface area contributed by atoms with E-state index in [0.717, 1.165) is 0 Å². The molecule has 21 valence electrons. The summed E-state index contributed by atoms with van der Waals surface area (Å²) >= 11 is -0.0833. The molecule has 0 aromatic heterocycles. The third kappa shape index (κ3) is 8.92. The molecule has 4 heavy (non-hydrogen) atoms. The molecule has 0 rings (SSSR count). The molecule has 0 fully saturated rings. The van der Waals surface area contributed by atoms with Crippen LogP contribution in [0.4, 0.5) is 0 Å². The fraction of sp³-hybridized carbons (Fsp3) is 0. The van der Waals surface area contributed by atoms with Crippen LogP contribution in [0.15, 0.2) is 0 Å². The molecule has 0 saturated heterocycles. The molecular weight excluding hydrogens is 517 g/mol. The quantitative estimate of drug-likeness (QED) is 0.320. The molecule has 0 spiro atoms. The molecule has 0 aromatic rings. The van der Waals surface area contributed by atoms with Gasteiger partial charge in [0.15, 0.2) is 0 Å². The molecule has 0 atom stereocenters. The van der Waals surface area contributed by atoms with Gasteiger partial charge < -0.3 is 0 Å². The van der Waals surface area contributed by atoms with Gasteiger partial charge in [0.05, 0.1) is 0 Å². The summed E-state index contributed by atoms with van der Waals surface area (Å²) in [5.41, 5.74) is 0. The van der Waals surface area contributed by atoms with E-state index in [0.29, 0.717) is 0 Å². The van der Waals surface area contributed by atoms with Crippen LogP contribution >= 0.6 is 0 Å². The van der Waals surface area contributed by atoms with Crippen LogP contribution in [0.2, 0.25) is 0 Å².